The Morgan fingerprint density at radius 2 is 1.91 bits per heavy atom. The molecule has 0 radical (unpaired) electrons. The first-order valence-corrected chi connectivity index (χ1v) is 7.23. The van der Waals surface area contributed by atoms with Crippen molar-refractivity contribution in [3.05, 3.63) is 58.7 Å². The van der Waals surface area contributed by atoms with Gasteiger partial charge in [0.25, 0.3) is 0 Å². The summed E-state index contributed by atoms with van der Waals surface area (Å²) < 4.78 is 10.6. The minimum atomic E-state index is -0.834. The molecule has 0 saturated carbocycles. The van der Waals surface area contributed by atoms with Crippen LogP contribution in [0.25, 0.3) is 0 Å². The van der Waals surface area contributed by atoms with Gasteiger partial charge in [-0.25, -0.2) is 0 Å². The lowest BCUT2D eigenvalue weighted by Gasteiger charge is -2.15. The van der Waals surface area contributed by atoms with Crippen LogP contribution in [0, 0.1) is 13.8 Å². The van der Waals surface area contributed by atoms with E-state index in [-0.39, 0.29) is 6.79 Å². The molecular weight excluding hydrogens is 280 g/mol. The molecule has 1 aliphatic heterocycles. The number of carboxylic acid groups (broad SMARTS) is 1. The lowest BCUT2D eigenvalue weighted by molar-refractivity contribution is -0.138. The Balaban J connectivity index is 1.93. The van der Waals surface area contributed by atoms with Gasteiger partial charge in [-0.05, 0) is 49.1 Å². The smallest absolute Gasteiger partial charge is 0.311 e. The summed E-state index contributed by atoms with van der Waals surface area (Å²) in [7, 11) is 0. The van der Waals surface area contributed by atoms with Crippen molar-refractivity contribution >= 4 is 5.97 Å². The molecule has 1 heterocycles. The second kappa shape index (κ2) is 5.72. The standard InChI is InChI=1S/C18H18O4/c1-11-3-4-12(2)14(7-11)8-15(18(19)20)13-5-6-16-17(9-13)22-10-21-16/h3-7,9,15H,8,10H2,1-2H3,(H,19,20). The number of rotatable bonds is 4. The number of benzene rings is 2. The van der Waals surface area contributed by atoms with E-state index >= 15 is 0 Å². The Morgan fingerprint density at radius 3 is 2.68 bits per heavy atom. The molecule has 4 heteroatoms. The Morgan fingerprint density at radius 1 is 1.14 bits per heavy atom. The van der Waals surface area contributed by atoms with E-state index in [0.717, 1.165) is 22.3 Å². The number of carboxylic acids is 1. The van der Waals surface area contributed by atoms with E-state index in [1.54, 1.807) is 18.2 Å². The summed E-state index contributed by atoms with van der Waals surface area (Å²) in [6, 6.07) is 11.5. The second-order valence-corrected chi connectivity index (χ2v) is 5.64. The maximum absolute atomic E-state index is 11.7. The summed E-state index contributed by atoms with van der Waals surface area (Å²) >= 11 is 0. The molecule has 0 aliphatic carbocycles. The normalized spacial score (nSPS) is 13.9. The van der Waals surface area contributed by atoms with E-state index in [0.29, 0.717) is 17.9 Å². The minimum absolute atomic E-state index is 0.188. The summed E-state index contributed by atoms with van der Waals surface area (Å²) in [6.07, 6.45) is 0.461. The molecule has 0 amide bonds. The molecule has 0 bridgehead atoms. The third-order valence-electron chi connectivity index (χ3n) is 4.03. The third-order valence-corrected chi connectivity index (χ3v) is 4.03. The van der Waals surface area contributed by atoms with Gasteiger partial charge < -0.3 is 14.6 Å². The van der Waals surface area contributed by atoms with Crippen LogP contribution >= 0.6 is 0 Å². The van der Waals surface area contributed by atoms with Gasteiger partial charge in [0.2, 0.25) is 6.79 Å². The van der Waals surface area contributed by atoms with Crippen LogP contribution in [0.3, 0.4) is 0 Å². The van der Waals surface area contributed by atoms with Crippen molar-refractivity contribution in [2.45, 2.75) is 26.2 Å². The fourth-order valence-corrected chi connectivity index (χ4v) is 2.72. The van der Waals surface area contributed by atoms with Gasteiger partial charge in [-0.15, -0.1) is 0 Å². The predicted molar refractivity (Wildman–Crippen MR) is 82.6 cm³/mol. The van der Waals surface area contributed by atoms with Crippen molar-refractivity contribution in [3.8, 4) is 11.5 Å². The zero-order chi connectivity index (χ0) is 15.7. The quantitative estimate of drug-likeness (QED) is 0.939. The van der Waals surface area contributed by atoms with Crippen molar-refractivity contribution in [1.29, 1.82) is 0 Å². The van der Waals surface area contributed by atoms with E-state index in [1.165, 1.54) is 0 Å². The highest BCUT2D eigenvalue weighted by atomic mass is 16.7. The second-order valence-electron chi connectivity index (χ2n) is 5.64. The van der Waals surface area contributed by atoms with Crippen LogP contribution < -0.4 is 9.47 Å². The molecule has 1 unspecified atom stereocenters. The fourth-order valence-electron chi connectivity index (χ4n) is 2.72. The first-order valence-electron chi connectivity index (χ1n) is 7.23. The highest BCUT2D eigenvalue weighted by Crippen LogP contribution is 2.35. The molecule has 114 valence electrons. The van der Waals surface area contributed by atoms with Crippen molar-refractivity contribution in [2.24, 2.45) is 0 Å². The van der Waals surface area contributed by atoms with Crippen LogP contribution in [0.5, 0.6) is 11.5 Å². The van der Waals surface area contributed by atoms with E-state index in [9.17, 15) is 9.90 Å². The number of aryl methyl sites for hydroxylation is 2. The average molecular weight is 298 g/mol. The monoisotopic (exact) mass is 298 g/mol. The Bertz CT molecular complexity index is 721. The zero-order valence-electron chi connectivity index (χ0n) is 12.6. The first kappa shape index (κ1) is 14.4. The molecule has 1 N–H and O–H groups in total. The van der Waals surface area contributed by atoms with Gasteiger partial charge in [0, 0.05) is 0 Å². The molecule has 0 fully saturated rings. The minimum Gasteiger partial charge on any atom is -0.481 e. The largest absolute Gasteiger partial charge is 0.481 e. The van der Waals surface area contributed by atoms with Gasteiger partial charge in [0.05, 0.1) is 5.92 Å². The summed E-state index contributed by atoms with van der Waals surface area (Å²) in [4.78, 5) is 11.7. The Kier molecular flexibility index (Phi) is 3.75. The van der Waals surface area contributed by atoms with Crippen molar-refractivity contribution in [2.75, 3.05) is 6.79 Å². The summed E-state index contributed by atoms with van der Waals surface area (Å²) in [5, 5.41) is 9.62. The number of hydrogen-bond acceptors (Lipinski definition) is 3. The predicted octanol–water partition coefficient (Wildman–Crippen LogP) is 3.44. The Labute approximate surface area is 129 Å². The maximum Gasteiger partial charge on any atom is 0.311 e. The molecular formula is C18H18O4. The van der Waals surface area contributed by atoms with E-state index < -0.39 is 11.9 Å². The summed E-state index contributed by atoms with van der Waals surface area (Å²) in [5.74, 6) is -0.154. The molecule has 22 heavy (non-hydrogen) atoms. The van der Waals surface area contributed by atoms with Crippen LogP contribution in [0.2, 0.25) is 0 Å². The number of fused-ring (bicyclic) bond motifs is 1. The Hall–Kier alpha value is -2.49. The van der Waals surface area contributed by atoms with E-state index in [2.05, 4.69) is 6.07 Å². The number of ether oxygens (including phenoxy) is 2. The van der Waals surface area contributed by atoms with E-state index in [4.69, 9.17) is 9.47 Å². The zero-order valence-corrected chi connectivity index (χ0v) is 12.6. The van der Waals surface area contributed by atoms with Gasteiger partial charge in [-0.2, -0.15) is 0 Å². The molecule has 3 rings (SSSR count). The summed E-state index contributed by atoms with van der Waals surface area (Å²) in [6.45, 7) is 4.21. The molecule has 1 aliphatic rings. The number of hydrogen-bond donors (Lipinski definition) is 1. The number of aliphatic carboxylic acids is 1. The molecule has 0 spiro atoms. The SMILES string of the molecule is Cc1ccc(C)c(CC(C(=O)O)c2ccc3c(c2)OCO3)c1. The van der Waals surface area contributed by atoms with Crippen LogP contribution in [0.4, 0.5) is 0 Å². The summed E-state index contributed by atoms with van der Waals surface area (Å²) in [5.41, 5.74) is 4.04. The van der Waals surface area contributed by atoms with Crippen molar-refractivity contribution < 1.29 is 19.4 Å². The molecule has 0 aromatic heterocycles. The topological polar surface area (TPSA) is 55.8 Å². The lowest BCUT2D eigenvalue weighted by Crippen LogP contribution is -2.15. The molecule has 2 aromatic carbocycles. The highest BCUT2D eigenvalue weighted by molar-refractivity contribution is 5.77. The van der Waals surface area contributed by atoms with E-state index in [1.807, 2.05) is 26.0 Å². The van der Waals surface area contributed by atoms with Gasteiger partial charge >= 0.3 is 5.97 Å². The van der Waals surface area contributed by atoms with Gasteiger partial charge in [-0.3, -0.25) is 4.79 Å². The molecule has 2 aromatic rings. The van der Waals surface area contributed by atoms with Crippen LogP contribution in [0.1, 0.15) is 28.2 Å². The fraction of sp³-hybridized carbons (Fsp3) is 0.278. The molecule has 1 atom stereocenters. The van der Waals surface area contributed by atoms with Crippen molar-refractivity contribution in [1.82, 2.24) is 0 Å². The van der Waals surface area contributed by atoms with Crippen LogP contribution in [0.15, 0.2) is 36.4 Å². The third kappa shape index (κ3) is 2.77. The molecule has 0 saturated heterocycles. The van der Waals surface area contributed by atoms with Crippen LogP contribution in [-0.2, 0) is 11.2 Å². The van der Waals surface area contributed by atoms with Crippen LogP contribution in [-0.4, -0.2) is 17.9 Å². The lowest BCUT2D eigenvalue weighted by atomic mass is 9.89. The first-order chi connectivity index (χ1) is 10.5. The van der Waals surface area contributed by atoms with Gasteiger partial charge in [-0.1, -0.05) is 29.8 Å². The highest BCUT2D eigenvalue weighted by Gasteiger charge is 2.24. The molecule has 4 nitrogen and oxygen atoms in total. The van der Waals surface area contributed by atoms with Crippen molar-refractivity contribution in [3.63, 3.8) is 0 Å². The number of carbonyl (C=O) groups is 1. The van der Waals surface area contributed by atoms with Gasteiger partial charge in [0.15, 0.2) is 11.5 Å². The average Bonchev–Trinajstić information content (AvgIpc) is 2.95. The maximum atomic E-state index is 11.7. The van der Waals surface area contributed by atoms with Gasteiger partial charge in [0.1, 0.15) is 0 Å².